The second-order valence-electron chi connectivity index (χ2n) is 3.63. The highest BCUT2D eigenvalue weighted by molar-refractivity contribution is 7.10. The first kappa shape index (κ1) is 14.2. The van der Waals surface area contributed by atoms with Crippen molar-refractivity contribution >= 4 is 40.5 Å². The lowest BCUT2D eigenvalue weighted by molar-refractivity contribution is -0.139. The number of esters is 1. The molecule has 0 bridgehead atoms. The van der Waals surface area contributed by atoms with Crippen LogP contribution < -0.4 is 0 Å². The molecular weight excluding hydrogens is 312 g/mol. The molecule has 1 aromatic heterocycles. The van der Waals surface area contributed by atoms with Crippen LogP contribution >= 0.6 is 34.5 Å². The van der Waals surface area contributed by atoms with Gasteiger partial charge in [0.1, 0.15) is 10.8 Å². The van der Waals surface area contributed by atoms with Gasteiger partial charge in [-0.05, 0) is 12.1 Å². The molecule has 0 saturated heterocycles. The zero-order valence-electron chi connectivity index (χ0n) is 9.75. The summed E-state index contributed by atoms with van der Waals surface area (Å²) in [5, 5.41) is 2.54. The lowest BCUT2D eigenvalue weighted by Gasteiger charge is -2.02. The number of hydrogen-bond acceptors (Lipinski definition) is 4. The van der Waals surface area contributed by atoms with Crippen LogP contribution in [0.2, 0.25) is 10.0 Å². The van der Waals surface area contributed by atoms with Crippen LogP contribution in [0.3, 0.4) is 0 Å². The third-order valence-electron chi connectivity index (χ3n) is 2.36. The van der Waals surface area contributed by atoms with Gasteiger partial charge in [-0.15, -0.1) is 11.3 Å². The fourth-order valence-electron chi connectivity index (χ4n) is 1.43. The molecule has 3 nitrogen and oxygen atoms in total. The Morgan fingerprint density at radius 1 is 1.42 bits per heavy atom. The zero-order chi connectivity index (χ0) is 14.0. The van der Waals surface area contributed by atoms with Gasteiger partial charge in [0.25, 0.3) is 0 Å². The molecule has 0 amide bonds. The molecule has 0 N–H and O–H groups in total. The van der Waals surface area contributed by atoms with E-state index in [1.165, 1.54) is 30.6 Å². The summed E-state index contributed by atoms with van der Waals surface area (Å²) in [6.07, 6.45) is 0.0782. The number of aromatic nitrogens is 1. The first-order valence-corrected chi connectivity index (χ1v) is 6.81. The monoisotopic (exact) mass is 319 g/mol. The molecule has 19 heavy (non-hydrogen) atoms. The molecule has 0 spiro atoms. The molecule has 0 aliphatic heterocycles. The molecule has 0 aliphatic rings. The van der Waals surface area contributed by atoms with Crippen LogP contribution in [0.4, 0.5) is 4.39 Å². The van der Waals surface area contributed by atoms with Crippen molar-refractivity contribution < 1.29 is 13.9 Å². The molecule has 0 atom stereocenters. The highest BCUT2D eigenvalue weighted by atomic mass is 35.5. The van der Waals surface area contributed by atoms with Crippen LogP contribution in [-0.2, 0) is 16.0 Å². The fraction of sp³-hybridized carbons (Fsp3) is 0.167. The summed E-state index contributed by atoms with van der Waals surface area (Å²) in [6, 6.07) is 2.55. The summed E-state index contributed by atoms with van der Waals surface area (Å²) < 4.78 is 18.0. The summed E-state index contributed by atoms with van der Waals surface area (Å²) in [5.74, 6) is -0.946. The molecule has 1 aromatic carbocycles. The van der Waals surface area contributed by atoms with Gasteiger partial charge in [-0.2, -0.15) is 0 Å². The maximum absolute atomic E-state index is 13.4. The average Bonchev–Trinajstić information content (AvgIpc) is 2.82. The average molecular weight is 320 g/mol. The van der Waals surface area contributed by atoms with E-state index in [1.54, 1.807) is 5.38 Å². The Morgan fingerprint density at radius 2 is 2.16 bits per heavy atom. The molecule has 2 aromatic rings. The number of benzene rings is 1. The minimum Gasteiger partial charge on any atom is -0.469 e. The number of carbonyl (C=O) groups is 1. The Bertz CT molecular complexity index is 630. The highest BCUT2D eigenvalue weighted by Gasteiger charge is 2.13. The van der Waals surface area contributed by atoms with E-state index >= 15 is 0 Å². The SMILES string of the molecule is COC(=O)Cc1nc(-c2cc(F)c(Cl)cc2Cl)cs1. The molecule has 100 valence electrons. The second kappa shape index (κ2) is 5.86. The van der Waals surface area contributed by atoms with Gasteiger partial charge in [-0.25, -0.2) is 9.37 Å². The van der Waals surface area contributed by atoms with Crippen LogP contribution in [0.5, 0.6) is 0 Å². The van der Waals surface area contributed by atoms with Gasteiger partial charge in [0, 0.05) is 10.9 Å². The number of hydrogen-bond donors (Lipinski definition) is 0. The second-order valence-corrected chi connectivity index (χ2v) is 5.38. The molecule has 0 unspecified atom stereocenters. The van der Waals surface area contributed by atoms with Crippen LogP contribution in [0, 0.1) is 5.82 Å². The maximum atomic E-state index is 13.4. The van der Waals surface area contributed by atoms with E-state index in [9.17, 15) is 9.18 Å². The number of carbonyl (C=O) groups excluding carboxylic acids is 1. The van der Waals surface area contributed by atoms with Crippen molar-refractivity contribution in [3.63, 3.8) is 0 Å². The number of methoxy groups -OCH3 is 1. The number of nitrogens with zero attached hydrogens (tertiary/aromatic N) is 1. The van der Waals surface area contributed by atoms with Gasteiger partial charge in [-0.3, -0.25) is 4.79 Å². The van der Waals surface area contributed by atoms with E-state index < -0.39 is 5.82 Å². The largest absolute Gasteiger partial charge is 0.469 e. The molecule has 0 aliphatic carbocycles. The summed E-state index contributed by atoms with van der Waals surface area (Å²) in [4.78, 5) is 15.4. The summed E-state index contributed by atoms with van der Waals surface area (Å²) in [6.45, 7) is 0. The maximum Gasteiger partial charge on any atom is 0.312 e. The van der Waals surface area contributed by atoms with Crippen molar-refractivity contribution in [1.29, 1.82) is 0 Å². The van der Waals surface area contributed by atoms with Crippen LogP contribution in [0.15, 0.2) is 17.5 Å². The first-order valence-electron chi connectivity index (χ1n) is 5.17. The Morgan fingerprint density at radius 3 is 2.84 bits per heavy atom. The van der Waals surface area contributed by atoms with Crippen molar-refractivity contribution in [3.05, 3.63) is 38.4 Å². The van der Waals surface area contributed by atoms with E-state index in [0.717, 1.165) is 0 Å². The van der Waals surface area contributed by atoms with Gasteiger partial charge in [-0.1, -0.05) is 23.2 Å². The van der Waals surface area contributed by atoms with Crippen LogP contribution in [-0.4, -0.2) is 18.1 Å². The van der Waals surface area contributed by atoms with Gasteiger partial charge < -0.3 is 4.74 Å². The normalized spacial score (nSPS) is 10.5. The van der Waals surface area contributed by atoms with Gasteiger partial charge >= 0.3 is 5.97 Å². The highest BCUT2D eigenvalue weighted by Crippen LogP contribution is 2.32. The fourth-order valence-corrected chi connectivity index (χ4v) is 2.69. The third kappa shape index (κ3) is 3.23. The summed E-state index contributed by atoms with van der Waals surface area (Å²) in [5.41, 5.74) is 0.945. The topological polar surface area (TPSA) is 39.2 Å². The number of rotatable bonds is 3. The molecule has 0 saturated carbocycles. The minimum atomic E-state index is -0.566. The Labute approximate surface area is 122 Å². The lowest BCUT2D eigenvalue weighted by Crippen LogP contribution is -2.03. The predicted octanol–water partition coefficient (Wildman–Crippen LogP) is 3.97. The molecule has 1 heterocycles. The van der Waals surface area contributed by atoms with Gasteiger partial charge in [0.2, 0.25) is 0 Å². The van der Waals surface area contributed by atoms with Crippen molar-refractivity contribution in [2.75, 3.05) is 7.11 Å². The molecule has 0 fully saturated rings. The third-order valence-corrected chi connectivity index (χ3v) is 3.81. The van der Waals surface area contributed by atoms with E-state index in [0.29, 0.717) is 21.3 Å². The minimum absolute atomic E-state index is 0.0428. The standard InChI is InChI=1S/C12H8Cl2FNO2S/c1-18-12(17)4-11-16-10(5-19-11)6-2-9(15)8(14)3-7(6)13/h2-3,5H,4H2,1H3. The van der Waals surface area contributed by atoms with E-state index in [2.05, 4.69) is 9.72 Å². The van der Waals surface area contributed by atoms with E-state index in [-0.39, 0.29) is 17.4 Å². The van der Waals surface area contributed by atoms with Gasteiger partial charge in [0.05, 0.1) is 29.3 Å². The lowest BCUT2D eigenvalue weighted by atomic mass is 10.1. The Hall–Kier alpha value is -1.17. The van der Waals surface area contributed by atoms with Crippen molar-refractivity contribution in [3.8, 4) is 11.3 Å². The summed E-state index contributed by atoms with van der Waals surface area (Å²) >= 11 is 12.9. The number of halogens is 3. The van der Waals surface area contributed by atoms with Crippen molar-refractivity contribution in [2.45, 2.75) is 6.42 Å². The number of ether oxygens (including phenoxy) is 1. The van der Waals surface area contributed by atoms with Crippen molar-refractivity contribution in [2.24, 2.45) is 0 Å². The molecule has 2 rings (SSSR count). The number of thiazole rings is 1. The van der Waals surface area contributed by atoms with E-state index in [4.69, 9.17) is 23.2 Å². The Kier molecular flexibility index (Phi) is 4.39. The van der Waals surface area contributed by atoms with Crippen LogP contribution in [0.25, 0.3) is 11.3 Å². The quantitative estimate of drug-likeness (QED) is 0.634. The van der Waals surface area contributed by atoms with Crippen LogP contribution in [0.1, 0.15) is 5.01 Å². The van der Waals surface area contributed by atoms with Gasteiger partial charge in [0.15, 0.2) is 0 Å². The smallest absolute Gasteiger partial charge is 0.312 e. The summed E-state index contributed by atoms with van der Waals surface area (Å²) in [7, 11) is 1.31. The first-order chi connectivity index (χ1) is 9.01. The predicted molar refractivity (Wildman–Crippen MR) is 73.2 cm³/mol. The zero-order valence-corrected chi connectivity index (χ0v) is 12.1. The molecule has 0 radical (unpaired) electrons. The Balaban J connectivity index is 2.33. The van der Waals surface area contributed by atoms with E-state index in [1.807, 2.05) is 0 Å². The molecular formula is C12H8Cl2FNO2S. The van der Waals surface area contributed by atoms with Crippen molar-refractivity contribution in [1.82, 2.24) is 4.98 Å². The molecule has 7 heteroatoms.